The number of nitrogens with two attached hydrogens (primary N) is 1. The number of rotatable bonds is 4. The number of benzene rings is 2. The SMILES string of the molecule is N=C(N)c1ccc(OCc2ccc(F)cc2)c(F)c1. The number of ether oxygens (including phenoxy) is 1. The van der Waals surface area contributed by atoms with Crippen molar-refractivity contribution in [3.05, 3.63) is 65.2 Å². The third-order valence-electron chi connectivity index (χ3n) is 2.55. The highest BCUT2D eigenvalue weighted by atomic mass is 19.1. The molecule has 0 aliphatic rings. The summed E-state index contributed by atoms with van der Waals surface area (Å²) < 4.78 is 31.6. The lowest BCUT2D eigenvalue weighted by Gasteiger charge is -2.08. The molecule has 0 amide bonds. The molecule has 5 heteroatoms. The predicted molar refractivity (Wildman–Crippen MR) is 68.1 cm³/mol. The number of hydrogen-bond donors (Lipinski definition) is 2. The van der Waals surface area contributed by atoms with Gasteiger partial charge in [0.25, 0.3) is 0 Å². The van der Waals surface area contributed by atoms with Crippen molar-refractivity contribution in [3.63, 3.8) is 0 Å². The van der Waals surface area contributed by atoms with Crippen LogP contribution in [-0.4, -0.2) is 5.84 Å². The van der Waals surface area contributed by atoms with E-state index in [0.29, 0.717) is 5.56 Å². The summed E-state index contributed by atoms with van der Waals surface area (Å²) in [5.74, 6) is -1.06. The molecule has 0 radical (unpaired) electrons. The fourth-order valence-electron chi connectivity index (χ4n) is 1.53. The van der Waals surface area contributed by atoms with E-state index in [0.717, 1.165) is 11.6 Å². The van der Waals surface area contributed by atoms with Crippen LogP contribution in [0.1, 0.15) is 11.1 Å². The molecule has 0 atom stereocenters. The van der Waals surface area contributed by atoms with E-state index in [4.69, 9.17) is 15.9 Å². The standard InChI is InChI=1S/C14H12F2N2O/c15-11-4-1-9(2-5-11)8-19-13-6-3-10(14(17)18)7-12(13)16/h1-7H,8H2,(H3,17,18). The molecule has 0 spiro atoms. The van der Waals surface area contributed by atoms with Gasteiger partial charge in [-0.1, -0.05) is 12.1 Å². The van der Waals surface area contributed by atoms with Gasteiger partial charge in [-0.05, 0) is 35.9 Å². The Bertz CT molecular complexity index is 597. The third-order valence-corrected chi connectivity index (χ3v) is 2.55. The van der Waals surface area contributed by atoms with Crippen LogP contribution in [0.3, 0.4) is 0 Å². The molecule has 0 saturated carbocycles. The first-order valence-electron chi connectivity index (χ1n) is 5.57. The molecule has 2 aromatic rings. The van der Waals surface area contributed by atoms with Crippen molar-refractivity contribution in [3.8, 4) is 5.75 Å². The van der Waals surface area contributed by atoms with Gasteiger partial charge in [-0.2, -0.15) is 0 Å². The van der Waals surface area contributed by atoms with E-state index in [-0.39, 0.29) is 24.0 Å². The van der Waals surface area contributed by atoms with Crippen LogP contribution in [0.4, 0.5) is 8.78 Å². The van der Waals surface area contributed by atoms with Crippen molar-refractivity contribution in [1.82, 2.24) is 0 Å². The summed E-state index contributed by atoms with van der Waals surface area (Å²) in [6.07, 6.45) is 0. The van der Waals surface area contributed by atoms with Gasteiger partial charge in [-0.25, -0.2) is 8.78 Å². The Hall–Kier alpha value is -2.43. The van der Waals surface area contributed by atoms with Gasteiger partial charge in [0.1, 0.15) is 18.3 Å². The molecule has 0 heterocycles. The molecule has 3 nitrogen and oxygen atoms in total. The average molecular weight is 262 g/mol. The summed E-state index contributed by atoms with van der Waals surface area (Å²) in [5.41, 5.74) is 6.28. The van der Waals surface area contributed by atoms with Crippen molar-refractivity contribution in [2.75, 3.05) is 0 Å². The lowest BCUT2D eigenvalue weighted by molar-refractivity contribution is 0.290. The van der Waals surface area contributed by atoms with Gasteiger partial charge in [-0.3, -0.25) is 5.41 Å². The van der Waals surface area contributed by atoms with Crippen LogP contribution in [-0.2, 0) is 6.61 Å². The Morgan fingerprint density at radius 2 is 1.79 bits per heavy atom. The van der Waals surface area contributed by atoms with Crippen LogP contribution < -0.4 is 10.5 Å². The van der Waals surface area contributed by atoms with E-state index >= 15 is 0 Å². The van der Waals surface area contributed by atoms with E-state index in [1.165, 1.54) is 24.3 Å². The summed E-state index contributed by atoms with van der Waals surface area (Å²) >= 11 is 0. The fraction of sp³-hybridized carbons (Fsp3) is 0.0714. The molecule has 2 aromatic carbocycles. The molecular formula is C14H12F2N2O. The van der Waals surface area contributed by atoms with E-state index in [1.807, 2.05) is 0 Å². The normalized spacial score (nSPS) is 10.2. The second-order valence-corrected chi connectivity index (χ2v) is 3.97. The van der Waals surface area contributed by atoms with Crippen LogP contribution in [0.2, 0.25) is 0 Å². The number of hydrogen-bond acceptors (Lipinski definition) is 2. The Morgan fingerprint density at radius 3 is 2.37 bits per heavy atom. The highest BCUT2D eigenvalue weighted by molar-refractivity contribution is 5.95. The molecule has 98 valence electrons. The highest BCUT2D eigenvalue weighted by Crippen LogP contribution is 2.19. The van der Waals surface area contributed by atoms with Gasteiger partial charge in [0, 0.05) is 5.56 Å². The first kappa shape index (κ1) is 13.0. The minimum atomic E-state index is -0.588. The number of halogens is 2. The van der Waals surface area contributed by atoms with E-state index in [2.05, 4.69) is 0 Å². The summed E-state index contributed by atoms with van der Waals surface area (Å²) in [4.78, 5) is 0. The van der Waals surface area contributed by atoms with E-state index in [1.54, 1.807) is 12.1 Å². The highest BCUT2D eigenvalue weighted by Gasteiger charge is 2.06. The van der Waals surface area contributed by atoms with Crippen LogP contribution in [0.5, 0.6) is 5.75 Å². The number of nitrogens with one attached hydrogen (secondary N) is 1. The lowest BCUT2D eigenvalue weighted by Crippen LogP contribution is -2.11. The quantitative estimate of drug-likeness (QED) is 0.657. The molecule has 0 aliphatic heterocycles. The molecule has 2 rings (SSSR count). The van der Waals surface area contributed by atoms with Gasteiger partial charge in [0.15, 0.2) is 11.6 Å². The van der Waals surface area contributed by atoms with Crippen LogP contribution >= 0.6 is 0 Å². The molecule has 0 bridgehead atoms. The molecule has 19 heavy (non-hydrogen) atoms. The number of nitrogen functional groups attached to an aromatic ring is 1. The summed E-state index contributed by atoms with van der Waals surface area (Å²) in [7, 11) is 0. The molecule has 0 unspecified atom stereocenters. The molecule has 3 N–H and O–H groups in total. The summed E-state index contributed by atoms with van der Waals surface area (Å²) in [5, 5.41) is 7.19. The van der Waals surface area contributed by atoms with Gasteiger partial charge in [-0.15, -0.1) is 0 Å². The first-order valence-corrected chi connectivity index (χ1v) is 5.57. The Morgan fingerprint density at radius 1 is 1.11 bits per heavy atom. The van der Waals surface area contributed by atoms with Crippen LogP contribution in [0.25, 0.3) is 0 Å². The summed E-state index contributed by atoms with van der Waals surface area (Å²) in [6.45, 7) is 0.136. The zero-order valence-electron chi connectivity index (χ0n) is 9.99. The Balaban J connectivity index is 2.07. The zero-order chi connectivity index (χ0) is 13.8. The minimum absolute atomic E-state index is 0.0642. The van der Waals surface area contributed by atoms with Gasteiger partial charge >= 0.3 is 0 Å². The van der Waals surface area contributed by atoms with Gasteiger partial charge in [0.2, 0.25) is 0 Å². The zero-order valence-corrected chi connectivity index (χ0v) is 9.99. The third kappa shape index (κ3) is 3.28. The maximum Gasteiger partial charge on any atom is 0.165 e. The second kappa shape index (κ2) is 5.48. The van der Waals surface area contributed by atoms with Crippen LogP contribution in [0.15, 0.2) is 42.5 Å². The first-order chi connectivity index (χ1) is 9.06. The van der Waals surface area contributed by atoms with Gasteiger partial charge < -0.3 is 10.5 Å². The number of amidine groups is 1. The van der Waals surface area contributed by atoms with Crippen molar-refractivity contribution < 1.29 is 13.5 Å². The Labute approximate surface area is 109 Å². The average Bonchev–Trinajstić information content (AvgIpc) is 2.39. The second-order valence-electron chi connectivity index (χ2n) is 3.97. The summed E-state index contributed by atoms with van der Waals surface area (Å²) in [6, 6.07) is 9.82. The monoisotopic (exact) mass is 262 g/mol. The molecule has 0 saturated heterocycles. The maximum atomic E-state index is 13.6. The van der Waals surface area contributed by atoms with Crippen molar-refractivity contribution in [2.45, 2.75) is 6.61 Å². The molecule has 0 aromatic heterocycles. The fourth-order valence-corrected chi connectivity index (χ4v) is 1.53. The van der Waals surface area contributed by atoms with E-state index in [9.17, 15) is 8.78 Å². The predicted octanol–water partition coefficient (Wildman–Crippen LogP) is 2.83. The van der Waals surface area contributed by atoms with Gasteiger partial charge in [0.05, 0.1) is 0 Å². The topological polar surface area (TPSA) is 59.1 Å². The molecule has 0 aliphatic carbocycles. The molecular weight excluding hydrogens is 250 g/mol. The smallest absolute Gasteiger partial charge is 0.165 e. The lowest BCUT2D eigenvalue weighted by atomic mass is 10.2. The Kier molecular flexibility index (Phi) is 3.75. The molecule has 0 fully saturated rings. The maximum absolute atomic E-state index is 13.6. The van der Waals surface area contributed by atoms with Crippen molar-refractivity contribution in [1.29, 1.82) is 5.41 Å². The van der Waals surface area contributed by atoms with Crippen LogP contribution in [0, 0.1) is 17.0 Å². The van der Waals surface area contributed by atoms with E-state index < -0.39 is 5.82 Å². The van der Waals surface area contributed by atoms with Crippen molar-refractivity contribution >= 4 is 5.84 Å². The minimum Gasteiger partial charge on any atom is -0.486 e. The largest absolute Gasteiger partial charge is 0.486 e. The van der Waals surface area contributed by atoms with Crippen molar-refractivity contribution in [2.24, 2.45) is 5.73 Å².